The molecule has 0 fully saturated rings. The van der Waals surface area contributed by atoms with E-state index < -0.39 is 11.4 Å². The zero-order valence-electron chi connectivity index (χ0n) is 10.9. The normalized spacial score (nSPS) is 11.4. The molecule has 1 aromatic rings. The zero-order chi connectivity index (χ0) is 13.9. The van der Waals surface area contributed by atoms with E-state index in [9.17, 15) is 14.3 Å². The average molecular weight is 254 g/mol. The number of hydrogen-bond donors (Lipinski definition) is 2. The van der Waals surface area contributed by atoms with Gasteiger partial charge in [-0.15, -0.1) is 0 Å². The third-order valence-corrected chi connectivity index (χ3v) is 2.49. The minimum absolute atomic E-state index is 0.0112. The second-order valence-electron chi connectivity index (χ2n) is 4.87. The molecule has 0 atom stereocenters. The number of nitrogen functional groups attached to an aromatic ring is 1. The van der Waals surface area contributed by atoms with Crippen LogP contribution in [0.2, 0.25) is 0 Å². The lowest BCUT2D eigenvalue weighted by Gasteiger charge is -2.28. The van der Waals surface area contributed by atoms with Crippen molar-refractivity contribution < 1.29 is 14.3 Å². The van der Waals surface area contributed by atoms with Crippen molar-refractivity contribution in [1.82, 2.24) is 4.90 Å². The summed E-state index contributed by atoms with van der Waals surface area (Å²) >= 11 is 0. The highest BCUT2D eigenvalue weighted by Crippen LogP contribution is 2.15. The summed E-state index contributed by atoms with van der Waals surface area (Å²) < 4.78 is 13.3. The van der Waals surface area contributed by atoms with Crippen molar-refractivity contribution in [3.05, 3.63) is 29.6 Å². The maximum atomic E-state index is 13.3. The molecule has 0 bridgehead atoms. The van der Waals surface area contributed by atoms with E-state index in [-0.39, 0.29) is 23.7 Å². The van der Waals surface area contributed by atoms with Gasteiger partial charge < -0.3 is 15.7 Å². The van der Waals surface area contributed by atoms with Crippen molar-refractivity contribution in [3.63, 3.8) is 0 Å². The molecule has 0 aliphatic heterocycles. The first-order valence-corrected chi connectivity index (χ1v) is 5.81. The molecule has 0 saturated heterocycles. The number of benzene rings is 1. The van der Waals surface area contributed by atoms with E-state index in [0.29, 0.717) is 6.54 Å². The SMILES string of the molecule is CCN(CC(C)(C)O)C(=O)c1ccc(N)c(F)c1. The predicted molar refractivity (Wildman–Crippen MR) is 68.7 cm³/mol. The third-order valence-electron chi connectivity index (χ3n) is 2.49. The van der Waals surface area contributed by atoms with Crippen LogP contribution >= 0.6 is 0 Å². The van der Waals surface area contributed by atoms with Crippen molar-refractivity contribution in [3.8, 4) is 0 Å². The Hall–Kier alpha value is -1.62. The number of nitrogens with zero attached hydrogens (tertiary/aromatic N) is 1. The maximum absolute atomic E-state index is 13.3. The molecule has 1 aromatic carbocycles. The van der Waals surface area contributed by atoms with Crippen LogP contribution in [0.5, 0.6) is 0 Å². The second kappa shape index (κ2) is 5.35. The van der Waals surface area contributed by atoms with E-state index in [4.69, 9.17) is 5.73 Å². The molecule has 4 nitrogen and oxygen atoms in total. The lowest BCUT2D eigenvalue weighted by atomic mass is 10.1. The van der Waals surface area contributed by atoms with Crippen molar-refractivity contribution in [2.24, 2.45) is 0 Å². The molecule has 0 aliphatic carbocycles. The third kappa shape index (κ3) is 3.70. The Morgan fingerprint density at radius 3 is 2.56 bits per heavy atom. The van der Waals surface area contributed by atoms with Gasteiger partial charge in [-0.25, -0.2) is 4.39 Å². The van der Waals surface area contributed by atoms with Gasteiger partial charge in [-0.2, -0.15) is 0 Å². The Labute approximate surface area is 106 Å². The monoisotopic (exact) mass is 254 g/mol. The van der Waals surface area contributed by atoms with Gasteiger partial charge in [-0.05, 0) is 39.0 Å². The van der Waals surface area contributed by atoms with Crippen molar-refractivity contribution >= 4 is 11.6 Å². The van der Waals surface area contributed by atoms with Gasteiger partial charge in [0.05, 0.1) is 11.3 Å². The fourth-order valence-corrected chi connectivity index (χ4v) is 1.64. The minimum atomic E-state index is -0.988. The molecule has 18 heavy (non-hydrogen) atoms. The van der Waals surface area contributed by atoms with Gasteiger partial charge in [0.1, 0.15) is 5.82 Å². The van der Waals surface area contributed by atoms with Crippen LogP contribution < -0.4 is 5.73 Å². The lowest BCUT2D eigenvalue weighted by Crippen LogP contribution is -2.42. The Bertz CT molecular complexity index is 441. The van der Waals surface area contributed by atoms with Gasteiger partial charge in [0.15, 0.2) is 0 Å². The molecule has 0 unspecified atom stereocenters. The van der Waals surface area contributed by atoms with Crippen molar-refractivity contribution in [1.29, 1.82) is 0 Å². The fourth-order valence-electron chi connectivity index (χ4n) is 1.64. The molecule has 0 saturated carbocycles. The number of aliphatic hydroxyl groups is 1. The summed E-state index contributed by atoms with van der Waals surface area (Å²) in [6.45, 7) is 5.67. The largest absolute Gasteiger partial charge is 0.396 e. The van der Waals surface area contributed by atoms with Crippen molar-refractivity contribution in [2.45, 2.75) is 26.4 Å². The minimum Gasteiger partial charge on any atom is -0.396 e. The molecule has 0 heterocycles. The van der Waals surface area contributed by atoms with Gasteiger partial charge in [0.25, 0.3) is 5.91 Å². The smallest absolute Gasteiger partial charge is 0.254 e. The molecule has 0 radical (unpaired) electrons. The molecule has 1 rings (SSSR count). The number of halogens is 1. The Kier molecular flexibility index (Phi) is 4.29. The summed E-state index contributed by atoms with van der Waals surface area (Å²) in [7, 11) is 0. The van der Waals surface area contributed by atoms with E-state index in [1.807, 2.05) is 0 Å². The number of likely N-dealkylation sites (N-methyl/N-ethyl adjacent to an activating group) is 1. The topological polar surface area (TPSA) is 66.6 Å². The molecule has 0 spiro atoms. The van der Waals surface area contributed by atoms with E-state index in [1.165, 1.54) is 17.0 Å². The summed E-state index contributed by atoms with van der Waals surface area (Å²) in [5.74, 6) is -0.932. The summed E-state index contributed by atoms with van der Waals surface area (Å²) in [5.41, 5.74) is 4.61. The van der Waals surface area contributed by atoms with Gasteiger partial charge in [-0.1, -0.05) is 0 Å². The number of rotatable bonds is 4. The van der Waals surface area contributed by atoms with Gasteiger partial charge >= 0.3 is 0 Å². The maximum Gasteiger partial charge on any atom is 0.254 e. The molecule has 3 N–H and O–H groups in total. The standard InChI is InChI=1S/C13H19FN2O2/c1-4-16(8-13(2,3)18)12(17)9-5-6-11(15)10(14)7-9/h5-7,18H,4,8,15H2,1-3H3. The number of nitrogens with two attached hydrogens (primary N) is 1. The molecule has 1 amide bonds. The van der Waals surface area contributed by atoms with E-state index >= 15 is 0 Å². The van der Waals surface area contributed by atoms with Gasteiger partial charge in [-0.3, -0.25) is 4.79 Å². The molecule has 0 aromatic heterocycles. The summed E-state index contributed by atoms with van der Waals surface area (Å²) in [5, 5.41) is 9.73. The highest BCUT2D eigenvalue weighted by molar-refractivity contribution is 5.94. The summed E-state index contributed by atoms with van der Waals surface area (Å²) in [4.78, 5) is 13.6. The van der Waals surface area contributed by atoms with E-state index in [1.54, 1.807) is 20.8 Å². The quantitative estimate of drug-likeness (QED) is 0.803. The van der Waals surface area contributed by atoms with Crippen LogP contribution in [-0.2, 0) is 0 Å². The Morgan fingerprint density at radius 1 is 1.50 bits per heavy atom. The summed E-state index contributed by atoms with van der Waals surface area (Å²) in [6, 6.07) is 3.96. The van der Waals surface area contributed by atoms with Crippen LogP contribution in [0.1, 0.15) is 31.1 Å². The van der Waals surface area contributed by atoms with E-state index in [2.05, 4.69) is 0 Å². The Balaban J connectivity index is 2.93. The number of hydrogen-bond acceptors (Lipinski definition) is 3. The first-order chi connectivity index (χ1) is 8.24. The van der Waals surface area contributed by atoms with Crippen molar-refractivity contribution in [2.75, 3.05) is 18.8 Å². The number of anilines is 1. The molecule has 100 valence electrons. The first-order valence-electron chi connectivity index (χ1n) is 5.81. The Morgan fingerprint density at radius 2 is 2.11 bits per heavy atom. The molecular formula is C13H19FN2O2. The van der Waals surface area contributed by atoms with Crippen LogP contribution in [0.4, 0.5) is 10.1 Å². The highest BCUT2D eigenvalue weighted by atomic mass is 19.1. The van der Waals surface area contributed by atoms with E-state index in [0.717, 1.165) is 6.07 Å². The zero-order valence-corrected chi connectivity index (χ0v) is 10.9. The van der Waals surface area contributed by atoms with Crippen LogP contribution in [-0.4, -0.2) is 34.6 Å². The highest BCUT2D eigenvalue weighted by Gasteiger charge is 2.22. The number of carbonyl (C=O) groups excluding carboxylic acids is 1. The van der Waals surface area contributed by atoms with Gasteiger partial charge in [0.2, 0.25) is 0 Å². The lowest BCUT2D eigenvalue weighted by molar-refractivity contribution is 0.0314. The fraction of sp³-hybridized carbons (Fsp3) is 0.462. The molecule has 0 aliphatic rings. The number of amides is 1. The van der Waals surface area contributed by atoms with Crippen LogP contribution in [0.3, 0.4) is 0 Å². The molecule has 5 heteroatoms. The van der Waals surface area contributed by atoms with Gasteiger partial charge in [0, 0.05) is 18.7 Å². The van der Waals surface area contributed by atoms with Crippen LogP contribution in [0.15, 0.2) is 18.2 Å². The first kappa shape index (κ1) is 14.4. The molecular weight excluding hydrogens is 235 g/mol. The van der Waals surface area contributed by atoms with Crippen LogP contribution in [0, 0.1) is 5.82 Å². The number of carbonyl (C=O) groups is 1. The average Bonchev–Trinajstić information content (AvgIpc) is 2.27. The predicted octanol–water partition coefficient (Wildman–Crippen LogP) is 1.64. The second-order valence-corrected chi connectivity index (χ2v) is 4.87. The summed E-state index contributed by atoms with van der Waals surface area (Å²) in [6.07, 6.45) is 0. The van der Waals surface area contributed by atoms with Crippen LogP contribution in [0.25, 0.3) is 0 Å².